The molecule has 0 bridgehead atoms. The number of carbonyl (C=O) groups excluding carboxylic acids is 3. The predicted molar refractivity (Wildman–Crippen MR) is 172 cm³/mol. The monoisotopic (exact) mass is 684 g/mol. The molecule has 3 N–H and O–H groups in total. The number of aryl methyl sites for hydroxylation is 2. The second kappa shape index (κ2) is 13.2. The minimum Gasteiger partial charge on any atom is -0.456 e. The molecule has 0 unspecified atom stereocenters. The average Bonchev–Trinajstić information content (AvgIpc) is 3.00. The molecule has 5 rings (SSSR count). The van der Waals surface area contributed by atoms with Gasteiger partial charge in [-0.15, -0.1) is 16.8 Å². The Morgan fingerprint density at radius 3 is 2.09 bits per heavy atom. The number of halogens is 1. The Bertz CT molecular complexity index is 1510. The summed E-state index contributed by atoms with van der Waals surface area (Å²) in [6, 6.07) is 23.8. The molecule has 3 aromatic carbocycles. The van der Waals surface area contributed by atoms with Crippen LogP contribution in [0.15, 0.2) is 88.5 Å². The minimum atomic E-state index is -1.72. The molecule has 2 atom stereocenters. The van der Waals surface area contributed by atoms with Crippen LogP contribution in [0.2, 0.25) is 0 Å². The fraction of sp³-hybridized carbons (Fsp3) is 0.258. The second-order valence-corrected chi connectivity index (χ2v) is 14.4. The standard InChI is InChI=1S/C31H31BrN3O6PS/c1-19-4-12-24(13-5-19)42(25-14-6-20(2)7-15-25)34-31(39-3)28(37)35-26(22(17-41-30(33)38)18-43-29(31)35)27(36)40-16-21-8-10-23(32)11-9-21/h4-15,29,34H,16-18H2,1-3H3,(H2,33,38)/p+1/t29-,31-/m0/s1. The van der Waals surface area contributed by atoms with Crippen LogP contribution < -0.4 is 21.4 Å². The van der Waals surface area contributed by atoms with Crippen molar-refractivity contribution in [3.05, 3.63) is 105 Å². The van der Waals surface area contributed by atoms with E-state index in [9.17, 15) is 14.4 Å². The average molecular weight is 686 g/mol. The van der Waals surface area contributed by atoms with E-state index in [1.54, 1.807) is 0 Å². The maximum absolute atomic E-state index is 14.1. The Labute approximate surface area is 264 Å². The van der Waals surface area contributed by atoms with Crippen LogP contribution in [0.4, 0.5) is 4.79 Å². The number of nitrogens with zero attached hydrogens (tertiary/aromatic N) is 1. The highest BCUT2D eigenvalue weighted by Crippen LogP contribution is 2.50. The van der Waals surface area contributed by atoms with Crippen LogP contribution in [-0.4, -0.2) is 53.4 Å². The van der Waals surface area contributed by atoms with E-state index in [2.05, 4.69) is 45.3 Å². The zero-order chi connectivity index (χ0) is 30.7. The van der Waals surface area contributed by atoms with Gasteiger partial charge in [-0.2, -0.15) is 0 Å². The topological polar surface area (TPSA) is 120 Å². The first-order valence-electron chi connectivity index (χ1n) is 13.5. The number of nitrogens with one attached hydrogen (secondary N) is 1. The molecule has 2 aliphatic rings. The van der Waals surface area contributed by atoms with Gasteiger partial charge in [0.25, 0.3) is 11.6 Å². The summed E-state index contributed by atoms with van der Waals surface area (Å²) >= 11 is 4.81. The maximum atomic E-state index is 14.1. The molecule has 2 amide bonds. The molecule has 0 aromatic heterocycles. The van der Waals surface area contributed by atoms with Gasteiger partial charge < -0.3 is 19.9 Å². The highest BCUT2D eigenvalue weighted by molar-refractivity contribution is 9.10. The number of β-lactam (4-membered cyclic amide) rings is 1. The molecule has 1 fully saturated rings. The molecule has 0 aliphatic carbocycles. The molecule has 0 saturated carbocycles. The summed E-state index contributed by atoms with van der Waals surface area (Å²) < 4.78 is 17.6. The van der Waals surface area contributed by atoms with Crippen molar-refractivity contribution in [2.45, 2.75) is 31.6 Å². The molecule has 0 spiro atoms. The number of amides is 2. The lowest BCUT2D eigenvalue weighted by Gasteiger charge is -2.55. The molecule has 2 heterocycles. The molecule has 12 heteroatoms. The molecule has 2 aliphatic heterocycles. The van der Waals surface area contributed by atoms with Gasteiger partial charge in [-0.1, -0.05) is 63.5 Å². The Hall–Kier alpha value is -3.21. The molecule has 0 radical (unpaired) electrons. The predicted octanol–water partition coefficient (Wildman–Crippen LogP) is 4.09. The van der Waals surface area contributed by atoms with Gasteiger partial charge in [0.1, 0.15) is 43.0 Å². The van der Waals surface area contributed by atoms with Crippen LogP contribution in [-0.2, 0) is 30.4 Å². The SMILES string of the molecule is CO[C@@]1(N[PH+](c2ccc(C)cc2)c2ccc(C)cc2)C(=O)N2C(C(=O)OCc3ccc(Br)cc3)=C(COC(N)=O)CS[C@H]21. The van der Waals surface area contributed by atoms with Crippen LogP contribution in [0.25, 0.3) is 0 Å². The minimum absolute atomic E-state index is 0.00106. The van der Waals surface area contributed by atoms with Crippen molar-refractivity contribution in [3.8, 4) is 0 Å². The third kappa shape index (κ3) is 6.51. The number of esters is 1. The fourth-order valence-electron chi connectivity index (χ4n) is 4.94. The molecule has 9 nitrogen and oxygen atoms in total. The number of benzene rings is 3. The zero-order valence-corrected chi connectivity index (χ0v) is 27.3. The van der Waals surface area contributed by atoms with E-state index in [0.717, 1.165) is 31.8 Å². The Balaban J connectivity index is 1.46. The molecule has 1 saturated heterocycles. The van der Waals surface area contributed by atoms with Gasteiger partial charge >= 0.3 is 12.1 Å². The van der Waals surface area contributed by atoms with E-state index in [4.69, 9.17) is 19.9 Å². The van der Waals surface area contributed by atoms with E-state index in [1.807, 2.05) is 62.4 Å². The Kier molecular flexibility index (Phi) is 9.58. The number of nitrogens with two attached hydrogens (primary N) is 1. The van der Waals surface area contributed by atoms with Crippen molar-refractivity contribution in [1.82, 2.24) is 9.99 Å². The van der Waals surface area contributed by atoms with Crippen molar-refractivity contribution < 1.29 is 28.6 Å². The van der Waals surface area contributed by atoms with Gasteiger partial charge in [0.05, 0.1) is 0 Å². The zero-order valence-electron chi connectivity index (χ0n) is 23.9. The third-order valence-electron chi connectivity index (χ3n) is 7.29. The number of fused-ring (bicyclic) bond motifs is 1. The van der Waals surface area contributed by atoms with Crippen LogP contribution in [0.1, 0.15) is 16.7 Å². The molecular weight excluding hydrogens is 653 g/mol. The second-order valence-electron chi connectivity index (χ2n) is 10.3. The number of rotatable bonds is 10. The number of thioether (sulfide) groups is 1. The van der Waals surface area contributed by atoms with Crippen molar-refractivity contribution >= 4 is 64.3 Å². The van der Waals surface area contributed by atoms with E-state index in [-0.39, 0.29) is 18.9 Å². The van der Waals surface area contributed by atoms with Gasteiger partial charge in [0, 0.05) is 22.9 Å². The summed E-state index contributed by atoms with van der Waals surface area (Å²) in [5.74, 6) is -0.827. The summed E-state index contributed by atoms with van der Waals surface area (Å²) in [6.45, 7) is 3.82. The van der Waals surface area contributed by atoms with E-state index in [0.29, 0.717) is 11.3 Å². The first-order chi connectivity index (χ1) is 20.6. The van der Waals surface area contributed by atoms with Gasteiger partial charge in [-0.25, -0.2) is 9.59 Å². The van der Waals surface area contributed by atoms with Crippen molar-refractivity contribution in [2.75, 3.05) is 19.5 Å². The fourth-order valence-corrected chi connectivity index (χ4v) is 9.06. The van der Waals surface area contributed by atoms with Crippen LogP contribution in [0.3, 0.4) is 0 Å². The molecule has 3 aromatic rings. The number of ether oxygens (including phenoxy) is 3. The molecular formula is C31H32BrN3O6PS+. The first-order valence-corrected chi connectivity index (χ1v) is 16.8. The van der Waals surface area contributed by atoms with Crippen LogP contribution in [0, 0.1) is 13.8 Å². The number of hydrogen-bond donors (Lipinski definition) is 2. The van der Waals surface area contributed by atoms with Gasteiger partial charge in [-0.05, 0) is 55.8 Å². The lowest BCUT2D eigenvalue weighted by molar-refractivity contribution is -0.187. The van der Waals surface area contributed by atoms with Gasteiger partial charge in [-0.3, -0.25) is 9.69 Å². The smallest absolute Gasteiger partial charge is 0.404 e. The summed E-state index contributed by atoms with van der Waals surface area (Å²) in [4.78, 5) is 40.5. The van der Waals surface area contributed by atoms with E-state index < -0.39 is 37.1 Å². The summed E-state index contributed by atoms with van der Waals surface area (Å²) in [5.41, 5.74) is 7.33. The van der Waals surface area contributed by atoms with Gasteiger partial charge in [0.2, 0.25) is 0 Å². The maximum Gasteiger partial charge on any atom is 0.404 e. The summed E-state index contributed by atoms with van der Waals surface area (Å²) in [6.07, 6.45) is -0.978. The summed E-state index contributed by atoms with van der Waals surface area (Å²) in [5, 5.41) is 5.15. The first kappa shape index (κ1) is 31.2. The molecule has 43 heavy (non-hydrogen) atoms. The number of carbonyl (C=O) groups is 3. The highest BCUT2D eigenvalue weighted by Gasteiger charge is 2.68. The number of primary amides is 1. The Morgan fingerprint density at radius 2 is 1.56 bits per heavy atom. The lowest BCUT2D eigenvalue weighted by Crippen LogP contribution is -2.79. The third-order valence-corrected chi connectivity index (χ3v) is 11.6. The lowest BCUT2D eigenvalue weighted by atomic mass is 9.99. The number of methoxy groups -OCH3 is 1. The van der Waals surface area contributed by atoms with Crippen LogP contribution >= 0.6 is 35.8 Å². The summed E-state index contributed by atoms with van der Waals surface area (Å²) in [7, 11) is -0.230. The quantitative estimate of drug-likeness (QED) is 0.142. The highest BCUT2D eigenvalue weighted by atomic mass is 79.9. The van der Waals surface area contributed by atoms with Crippen molar-refractivity contribution in [1.29, 1.82) is 0 Å². The normalized spacial score (nSPS) is 19.6. The van der Waals surface area contributed by atoms with Crippen molar-refractivity contribution in [2.24, 2.45) is 5.73 Å². The Morgan fingerprint density at radius 1 is 0.977 bits per heavy atom. The van der Waals surface area contributed by atoms with Crippen molar-refractivity contribution in [3.63, 3.8) is 0 Å². The molecule has 224 valence electrons. The van der Waals surface area contributed by atoms with Gasteiger partial charge in [0.15, 0.2) is 0 Å². The van der Waals surface area contributed by atoms with E-state index in [1.165, 1.54) is 23.8 Å². The largest absolute Gasteiger partial charge is 0.456 e. The number of hydrogen-bond acceptors (Lipinski definition) is 8. The van der Waals surface area contributed by atoms with Crippen LogP contribution in [0.5, 0.6) is 0 Å². The van der Waals surface area contributed by atoms with E-state index >= 15 is 0 Å².